The van der Waals surface area contributed by atoms with Crippen molar-refractivity contribution in [2.75, 3.05) is 13.1 Å². The molecule has 17 heavy (non-hydrogen) atoms. The van der Waals surface area contributed by atoms with Gasteiger partial charge in [-0.15, -0.1) is 11.3 Å². The largest absolute Gasteiger partial charge is 0.311 e. The first kappa shape index (κ1) is 13.0. The third-order valence-corrected chi connectivity index (χ3v) is 4.33. The molecule has 1 saturated heterocycles. The zero-order chi connectivity index (χ0) is 12.3. The maximum atomic E-state index is 4.40. The van der Waals surface area contributed by atoms with Gasteiger partial charge in [0.1, 0.15) is 5.01 Å². The summed E-state index contributed by atoms with van der Waals surface area (Å²) >= 11 is 1.76. The van der Waals surface area contributed by atoms with Gasteiger partial charge in [0.15, 0.2) is 0 Å². The second kappa shape index (κ2) is 5.46. The normalized spacial score (nSPS) is 25.0. The number of thiazole rings is 1. The van der Waals surface area contributed by atoms with Crippen LogP contribution in [0.1, 0.15) is 38.6 Å². The number of hydrogen-bond donors (Lipinski definition) is 1. The fourth-order valence-electron chi connectivity index (χ4n) is 2.40. The summed E-state index contributed by atoms with van der Waals surface area (Å²) < 4.78 is 0. The van der Waals surface area contributed by atoms with E-state index < -0.39 is 0 Å². The molecule has 1 atom stereocenters. The van der Waals surface area contributed by atoms with Gasteiger partial charge >= 0.3 is 0 Å². The van der Waals surface area contributed by atoms with Crippen molar-refractivity contribution in [2.45, 2.75) is 51.7 Å². The first-order valence-corrected chi connectivity index (χ1v) is 7.36. The van der Waals surface area contributed by atoms with E-state index in [1.165, 1.54) is 17.8 Å². The van der Waals surface area contributed by atoms with E-state index in [0.29, 0.717) is 6.04 Å². The first-order valence-electron chi connectivity index (χ1n) is 6.48. The number of hydrogen-bond acceptors (Lipinski definition) is 4. The fourth-order valence-corrected chi connectivity index (χ4v) is 3.03. The quantitative estimate of drug-likeness (QED) is 0.893. The highest BCUT2D eigenvalue weighted by Crippen LogP contribution is 2.23. The van der Waals surface area contributed by atoms with Gasteiger partial charge in [-0.2, -0.15) is 0 Å². The summed E-state index contributed by atoms with van der Waals surface area (Å²) in [4.78, 5) is 6.98. The highest BCUT2D eigenvalue weighted by atomic mass is 32.1. The fraction of sp³-hybridized carbons (Fsp3) is 0.769. The lowest BCUT2D eigenvalue weighted by Crippen LogP contribution is -2.61. The maximum absolute atomic E-state index is 4.40. The van der Waals surface area contributed by atoms with Gasteiger partial charge in [-0.3, -0.25) is 4.90 Å². The molecule has 0 aliphatic carbocycles. The van der Waals surface area contributed by atoms with Gasteiger partial charge in [0, 0.05) is 36.2 Å². The molecule has 0 bridgehead atoms. The van der Waals surface area contributed by atoms with Crippen LogP contribution in [0.2, 0.25) is 0 Å². The Balaban J connectivity index is 2.00. The molecule has 0 radical (unpaired) electrons. The van der Waals surface area contributed by atoms with Gasteiger partial charge in [-0.05, 0) is 20.3 Å². The summed E-state index contributed by atoms with van der Waals surface area (Å²) in [5.41, 5.74) is 0.232. The maximum Gasteiger partial charge on any atom is 0.107 e. The summed E-state index contributed by atoms with van der Waals surface area (Å²) in [6, 6.07) is 0.646. The van der Waals surface area contributed by atoms with E-state index in [1.807, 2.05) is 6.20 Å². The van der Waals surface area contributed by atoms with Gasteiger partial charge in [0.05, 0.1) is 6.54 Å². The molecule has 1 aromatic heterocycles. The van der Waals surface area contributed by atoms with E-state index in [0.717, 1.165) is 19.6 Å². The number of rotatable bonds is 4. The van der Waals surface area contributed by atoms with Crippen LogP contribution in [0.4, 0.5) is 0 Å². The summed E-state index contributed by atoms with van der Waals surface area (Å²) in [6.07, 6.45) is 4.42. The average Bonchev–Trinajstić information content (AvgIpc) is 2.76. The lowest BCUT2D eigenvalue weighted by Gasteiger charge is -2.46. The van der Waals surface area contributed by atoms with E-state index >= 15 is 0 Å². The molecule has 0 saturated carbocycles. The summed E-state index contributed by atoms with van der Waals surface area (Å²) in [5, 5.41) is 6.96. The Hall–Kier alpha value is -0.450. The SMILES string of the molecule is CCCC1CN(Cc2nccs2)C(C)(C)CN1. The Morgan fingerprint density at radius 3 is 3.06 bits per heavy atom. The Morgan fingerprint density at radius 1 is 1.59 bits per heavy atom. The predicted octanol–water partition coefficient (Wildman–Crippen LogP) is 2.50. The molecule has 1 aliphatic rings. The van der Waals surface area contributed by atoms with E-state index in [2.05, 4.69) is 41.4 Å². The monoisotopic (exact) mass is 253 g/mol. The van der Waals surface area contributed by atoms with Crippen LogP contribution in [-0.4, -0.2) is 34.6 Å². The minimum atomic E-state index is 0.232. The predicted molar refractivity (Wildman–Crippen MR) is 73.3 cm³/mol. The van der Waals surface area contributed by atoms with Crippen molar-refractivity contribution in [1.29, 1.82) is 0 Å². The Labute approximate surface area is 108 Å². The Morgan fingerprint density at radius 2 is 2.41 bits per heavy atom. The molecule has 3 nitrogen and oxygen atoms in total. The number of nitrogens with one attached hydrogen (secondary N) is 1. The standard InChI is InChI=1S/C13H23N3S/c1-4-5-11-8-16(13(2,3)10-15-11)9-12-14-6-7-17-12/h6-7,11,15H,4-5,8-10H2,1-3H3. The molecule has 2 heterocycles. The summed E-state index contributed by atoms with van der Waals surface area (Å²) in [7, 11) is 0. The molecule has 1 N–H and O–H groups in total. The molecule has 1 aliphatic heterocycles. The molecule has 1 unspecified atom stereocenters. The van der Waals surface area contributed by atoms with E-state index in [9.17, 15) is 0 Å². The highest BCUT2D eigenvalue weighted by molar-refractivity contribution is 7.09. The van der Waals surface area contributed by atoms with Crippen LogP contribution in [0.3, 0.4) is 0 Å². The Kier molecular flexibility index (Phi) is 4.17. The molecular weight excluding hydrogens is 230 g/mol. The van der Waals surface area contributed by atoms with Gasteiger partial charge in [-0.25, -0.2) is 4.98 Å². The van der Waals surface area contributed by atoms with Crippen molar-refractivity contribution in [3.8, 4) is 0 Å². The van der Waals surface area contributed by atoms with Crippen LogP contribution in [0.25, 0.3) is 0 Å². The van der Waals surface area contributed by atoms with Gasteiger partial charge in [0.25, 0.3) is 0 Å². The topological polar surface area (TPSA) is 28.2 Å². The summed E-state index contributed by atoms with van der Waals surface area (Å²) in [5.74, 6) is 0. The van der Waals surface area contributed by atoms with Crippen molar-refractivity contribution in [2.24, 2.45) is 0 Å². The van der Waals surface area contributed by atoms with Gasteiger partial charge in [-0.1, -0.05) is 13.3 Å². The molecule has 0 spiro atoms. The second-order valence-electron chi connectivity index (χ2n) is 5.49. The molecule has 0 amide bonds. The minimum absolute atomic E-state index is 0.232. The van der Waals surface area contributed by atoms with Crippen molar-refractivity contribution < 1.29 is 0 Å². The minimum Gasteiger partial charge on any atom is -0.311 e. The smallest absolute Gasteiger partial charge is 0.107 e. The molecule has 1 fully saturated rings. The molecule has 96 valence electrons. The van der Waals surface area contributed by atoms with Crippen molar-refractivity contribution in [3.05, 3.63) is 16.6 Å². The van der Waals surface area contributed by atoms with Crippen molar-refractivity contribution in [3.63, 3.8) is 0 Å². The van der Waals surface area contributed by atoms with E-state index in [4.69, 9.17) is 0 Å². The molecule has 1 aromatic rings. The number of nitrogens with zero attached hydrogens (tertiary/aromatic N) is 2. The Bertz CT molecular complexity index is 334. The molecule has 2 rings (SSSR count). The molecule has 0 aromatic carbocycles. The summed E-state index contributed by atoms with van der Waals surface area (Å²) in [6.45, 7) is 10.1. The highest BCUT2D eigenvalue weighted by Gasteiger charge is 2.33. The lowest BCUT2D eigenvalue weighted by molar-refractivity contribution is 0.0563. The number of aromatic nitrogens is 1. The van der Waals surface area contributed by atoms with Gasteiger partial charge < -0.3 is 5.32 Å². The van der Waals surface area contributed by atoms with Crippen LogP contribution < -0.4 is 5.32 Å². The lowest BCUT2D eigenvalue weighted by atomic mass is 9.96. The van der Waals surface area contributed by atoms with Crippen LogP contribution >= 0.6 is 11.3 Å². The zero-order valence-corrected chi connectivity index (χ0v) is 11.9. The third kappa shape index (κ3) is 3.27. The van der Waals surface area contributed by atoms with Crippen molar-refractivity contribution >= 4 is 11.3 Å². The number of piperazine rings is 1. The van der Waals surface area contributed by atoms with Crippen LogP contribution in [0.5, 0.6) is 0 Å². The second-order valence-corrected chi connectivity index (χ2v) is 6.46. The zero-order valence-electron chi connectivity index (χ0n) is 11.1. The van der Waals surface area contributed by atoms with Crippen LogP contribution in [0, 0.1) is 0 Å². The van der Waals surface area contributed by atoms with Crippen LogP contribution in [0.15, 0.2) is 11.6 Å². The third-order valence-electron chi connectivity index (χ3n) is 3.57. The van der Waals surface area contributed by atoms with E-state index in [1.54, 1.807) is 11.3 Å². The molecular formula is C13H23N3S. The van der Waals surface area contributed by atoms with Crippen molar-refractivity contribution in [1.82, 2.24) is 15.2 Å². The first-order chi connectivity index (χ1) is 8.12. The average molecular weight is 253 g/mol. The van der Waals surface area contributed by atoms with Crippen LogP contribution in [-0.2, 0) is 6.54 Å². The van der Waals surface area contributed by atoms with Gasteiger partial charge in [0.2, 0.25) is 0 Å². The molecule has 4 heteroatoms. The van der Waals surface area contributed by atoms with E-state index in [-0.39, 0.29) is 5.54 Å².